The smallest absolute Gasteiger partial charge is 0.734 e. The second-order valence-corrected chi connectivity index (χ2v) is 0.204. The Bertz CT molecular complexity index is 12.3. The molecule has 0 aromatic rings. The van der Waals surface area contributed by atoms with Crippen molar-refractivity contribution in [2.24, 2.45) is 0 Å². The molecule has 0 bridgehead atoms. The summed E-state index contributed by atoms with van der Waals surface area (Å²) in [4.78, 5) is 0. The van der Waals surface area contributed by atoms with Crippen molar-refractivity contribution >= 4 is 0 Å². The van der Waals surface area contributed by atoms with Crippen LogP contribution in [0.25, 0.3) is 0 Å². The summed E-state index contributed by atoms with van der Waals surface area (Å²) in [6.45, 7) is 0. The Balaban J connectivity index is -0.0000000150. The molecule has 0 amide bonds. The first-order valence-corrected chi connectivity index (χ1v) is 1.00. The van der Waals surface area contributed by atoms with E-state index in [4.69, 9.17) is 31.5 Å². The van der Waals surface area contributed by atoms with E-state index in [0.29, 0.717) is 0 Å². The molecule has 0 aliphatic heterocycles. The van der Waals surface area contributed by atoms with Crippen molar-refractivity contribution in [3.05, 3.63) is 0 Å². The largest absolute Gasteiger partial charge is 3.00 e. The molecule has 0 saturated carbocycles. The SMILES string of the molecule is [Ce+3].[Ce+3].[O-]O[O-].[O-]O[O-].[O-]O[O-]. The van der Waals surface area contributed by atoms with Crippen LogP contribution >= 0.6 is 0 Å². The van der Waals surface area contributed by atoms with Crippen LogP contribution in [0.4, 0.5) is 0 Å². The Morgan fingerprint density at radius 3 is 0.455 bits per heavy atom. The Morgan fingerprint density at radius 1 is 0.455 bits per heavy atom. The predicted molar refractivity (Wildman–Crippen MR) is 3.25 cm³/mol. The standard InChI is InChI=1S/2Ce.3H2O3/c;;3*1-3-2/h;;3*1-2H/q2*+3;;;/p-6. The van der Waals surface area contributed by atoms with E-state index < -0.39 is 0 Å². The summed E-state index contributed by atoms with van der Waals surface area (Å²) in [6.07, 6.45) is 0. The molecule has 0 atom stereocenters. The molecule has 11 heavy (non-hydrogen) atoms. The molecule has 0 aliphatic carbocycles. The maximum absolute atomic E-state index is 7.88. The normalized spacial score (nSPS) is 4.91. The van der Waals surface area contributed by atoms with Gasteiger partial charge in [0.2, 0.25) is 0 Å². The molecule has 0 rings (SSSR count). The molecule has 0 N–H and O–H groups in total. The maximum atomic E-state index is 7.88. The van der Waals surface area contributed by atoms with E-state index in [2.05, 4.69) is 0 Å². The third-order valence-electron chi connectivity index (χ3n) is 0. The molecule has 0 spiro atoms. The van der Waals surface area contributed by atoms with Crippen LogP contribution in [0.15, 0.2) is 0 Å². The summed E-state index contributed by atoms with van der Waals surface area (Å²) in [5.41, 5.74) is 0. The molecule has 0 heterocycles. The van der Waals surface area contributed by atoms with Crippen LogP contribution in [0.1, 0.15) is 0 Å². The van der Waals surface area contributed by atoms with Gasteiger partial charge in [0.25, 0.3) is 0 Å². The van der Waals surface area contributed by atoms with Gasteiger partial charge in [-0.05, 0) is 0 Å². The molecule has 0 aromatic carbocycles. The summed E-state index contributed by atoms with van der Waals surface area (Å²) in [6, 6.07) is 0. The van der Waals surface area contributed by atoms with Gasteiger partial charge in [-0.25, -0.2) is 0 Å². The zero-order valence-electron chi connectivity index (χ0n) is 4.67. The van der Waals surface area contributed by atoms with Gasteiger partial charge in [0, 0.05) is 0 Å². The second kappa shape index (κ2) is 55.3. The van der Waals surface area contributed by atoms with Crippen molar-refractivity contribution in [2.75, 3.05) is 0 Å². The molecule has 0 saturated heterocycles. The van der Waals surface area contributed by atoms with Gasteiger partial charge in [-0.2, -0.15) is 0 Å². The zero-order valence-corrected chi connectivity index (χ0v) is 11.0. The topological polar surface area (TPSA) is 166 Å². The molecular weight excluding hydrogens is 424 g/mol. The van der Waals surface area contributed by atoms with Gasteiger partial charge in [0.1, 0.15) is 0 Å². The van der Waals surface area contributed by atoms with Crippen molar-refractivity contribution in [2.45, 2.75) is 0 Å². The fourth-order valence-corrected chi connectivity index (χ4v) is 0. The molecule has 62 valence electrons. The van der Waals surface area contributed by atoms with E-state index in [0.717, 1.165) is 0 Å². The Kier molecular flexibility index (Phi) is 147. The van der Waals surface area contributed by atoms with Gasteiger partial charge < -0.3 is 46.7 Å². The van der Waals surface area contributed by atoms with Crippen molar-refractivity contribution in [1.29, 1.82) is 0 Å². The van der Waals surface area contributed by atoms with Crippen LogP contribution in [0.2, 0.25) is 0 Å². The van der Waals surface area contributed by atoms with E-state index in [1.165, 1.54) is 0 Å². The molecule has 11 heteroatoms. The van der Waals surface area contributed by atoms with E-state index in [1.807, 2.05) is 0 Å². The van der Waals surface area contributed by atoms with Crippen molar-refractivity contribution in [3.8, 4) is 0 Å². The third kappa shape index (κ3) is 234. The minimum Gasteiger partial charge on any atom is -0.734 e. The molecule has 0 unspecified atom stereocenters. The number of rotatable bonds is 0. The quantitative estimate of drug-likeness (QED) is 0.271. The van der Waals surface area contributed by atoms with E-state index >= 15 is 0 Å². The summed E-state index contributed by atoms with van der Waals surface area (Å²) >= 11 is 0. The molecule has 0 aliphatic rings. The average molecular weight is 424 g/mol. The monoisotopic (exact) mass is 424 g/mol. The van der Waals surface area contributed by atoms with E-state index in [-0.39, 0.29) is 83.5 Å². The van der Waals surface area contributed by atoms with Crippen LogP contribution < -0.4 is 31.5 Å². The van der Waals surface area contributed by atoms with Crippen molar-refractivity contribution < 1.29 is 130 Å². The van der Waals surface area contributed by atoms with Gasteiger partial charge in [0.15, 0.2) is 0 Å². The fourth-order valence-electron chi connectivity index (χ4n) is 0. The molecular formula is Ce2O9. The first kappa shape index (κ1) is 29.2. The molecule has 9 nitrogen and oxygen atoms in total. The molecule has 0 aromatic heterocycles. The average Bonchev–Trinajstić information content (AvgIpc) is 1.70. The van der Waals surface area contributed by atoms with Crippen molar-refractivity contribution in [3.63, 3.8) is 0 Å². The van der Waals surface area contributed by atoms with E-state index in [9.17, 15) is 0 Å². The van der Waals surface area contributed by atoms with Crippen LogP contribution in [0.3, 0.4) is 0 Å². The fraction of sp³-hybridized carbons (Fsp3) is 0. The van der Waals surface area contributed by atoms with Crippen LogP contribution in [-0.4, -0.2) is 0 Å². The van der Waals surface area contributed by atoms with Gasteiger partial charge in [-0.1, -0.05) is 0 Å². The van der Waals surface area contributed by atoms with E-state index in [1.54, 1.807) is 15.1 Å². The Labute approximate surface area is 128 Å². The van der Waals surface area contributed by atoms with Gasteiger partial charge in [-0.3, -0.25) is 0 Å². The Morgan fingerprint density at radius 2 is 0.455 bits per heavy atom. The van der Waals surface area contributed by atoms with Gasteiger partial charge in [-0.15, -0.1) is 0 Å². The summed E-state index contributed by atoms with van der Waals surface area (Å²) in [5.74, 6) is 0. The number of hydrogen-bond donors (Lipinski definition) is 0. The van der Waals surface area contributed by atoms with Gasteiger partial charge in [0.05, 0.1) is 0 Å². The predicted octanol–water partition coefficient (Wildman–Crippen LogP) is -7.34. The molecule has 0 fully saturated rings. The summed E-state index contributed by atoms with van der Waals surface area (Å²) in [7, 11) is 0. The minimum absolute atomic E-state index is 0. The van der Waals surface area contributed by atoms with Crippen LogP contribution in [0, 0.1) is 83.5 Å². The summed E-state index contributed by atoms with van der Waals surface area (Å²) in [5, 5.41) is 52.5. The number of hydrogen-bond acceptors (Lipinski definition) is 9. The minimum atomic E-state index is 0. The molecule has 2 radical (unpaired) electrons. The Hall–Kier alpha value is 2.39. The first-order valence-electron chi connectivity index (χ1n) is 1.00. The zero-order chi connectivity index (χ0) is 8.12. The maximum Gasteiger partial charge on any atom is 3.00 e. The van der Waals surface area contributed by atoms with Crippen LogP contribution in [-0.2, 0) is 15.1 Å². The second-order valence-electron chi connectivity index (χ2n) is 0.204. The third-order valence-corrected chi connectivity index (χ3v) is 0. The first-order chi connectivity index (χ1) is 4.24. The van der Waals surface area contributed by atoms with Crippen LogP contribution in [0.5, 0.6) is 0 Å². The van der Waals surface area contributed by atoms with Gasteiger partial charge >= 0.3 is 83.5 Å². The summed E-state index contributed by atoms with van der Waals surface area (Å²) < 4.78 is 0. The van der Waals surface area contributed by atoms with Crippen molar-refractivity contribution in [1.82, 2.24) is 0 Å².